The number of carboxylic acid groups (broad SMARTS) is 1. The summed E-state index contributed by atoms with van der Waals surface area (Å²) in [6.07, 6.45) is 4.57. The fourth-order valence-electron chi connectivity index (χ4n) is 2.42. The minimum absolute atomic E-state index is 0.142. The molecule has 3 N–H and O–H groups in total. The molecular formula is C17H20N2O4. The van der Waals surface area contributed by atoms with Crippen molar-refractivity contribution in [3.8, 4) is 0 Å². The van der Waals surface area contributed by atoms with E-state index in [0.717, 1.165) is 25.7 Å². The number of carbonyl (C=O) groups excluding carboxylic acids is 2. The molecule has 6 heteroatoms. The fraction of sp³-hybridized carbons (Fsp3) is 0.471. The molecule has 122 valence electrons. The second kappa shape index (κ2) is 6.40. The molecule has 1 aromatic carbocycles. The monoisotopic (exact) mass is 316 g/mol. The molecule has 2 aliphatic carbocycles. The number of benzene rings is 1. The number of nitrogens with one attached hydrogen (secondary N) is 2. The van der Waals surface area contributed by atoms with E-state index in [0.29, 0.717) is 23.5 Å². The number of amides is 2. The Morgan fingerprint density at radius 3 is 2.04 bits per heavy atom. The molecule has 23 heavy (non-hydrogen) atoms. The van der Waals surface area contributed by atoms with E-state index in [-0.39, 0.29) is 11.9 Å². The first-order valence-electron chi connectivity index (χ1n) is 7.97. The van der Waals surface area contributed by atoms with Crippen molar-refractivity contribution in [2.45, 2.75) is 44.2 Å². The zero-order chi connectivity index (χ0) is 16.4. The van der Waals surface area contributed by atoms with Gasteiger partial charge in [-0.15, -0.1) is 0 Å². The molecule has 0 heterocycles. The molecule has 3 rings (SSSR count). The average molecular weight is 316 g/mol. The SMILES string of the molecule is O=C(NC1CC1)c1ccc(C(=O)NC(CC2CC2)C(=O)O)cc1. The standard InChI is InChI=1S/C17H20N2O4/c20-15(18-13-7-8-13)11-3-5-12(6-4-11)16(21)19-14(17(22)23)9-10-1-2-10/h3-6,10,13-14H,1-2,7-9H2,(H,18,20)(H,19,21)(H,22,23). The summed E-state index contributed by atoms with van der Waals surface area (Å²) < 4.78 is 0. The fourth-order valence-corrected chi connectivity index (χ4v) is 2.42. The highest BCUT2D eigenvalue weighted by Gasteiger charge is 2.30. The minimum Gasteiger partial charge on any atom is -0.480 e. The van der Waals surface area contributed by atoms with Gasteiger partial charge in [0.25, 0.3) is 11.8 Å². The van der Waals surface area contributed by atoms with Crippen molar-refractivity contribution in [3.05, 3.63) is 35.4 Å². The normalized spacial score (nSPS) is 18.1. The van der Waals surface area contributed by atoms with E-state index in [1.54, 1.807) is 24.3 Å². The van der Waals surface area contributed by atoms with Crippen LogP contribution in [0.25, 0.3) is 0 Å². The van der Waals surface area contributed by atoms with Crippen LogP contribution >= 0.6 is 0 Å². The number of carboxylic acids is 1. The molecule has 1 atom stereocenters. The number of hydrogen-bond donors (Lipinski definition) is 3. The summed E-state index contributed by atoms with van der Waals surface area (Å²) in [5.41, 5.74) is 0.858. The van der Waals surface area contributed by atoms with Gasteiger partial charge in [0.2, 0.25) is 0 Å². The summed E-state index contributed by atoms with van der Waals surface area (Å²) in [5.74, 6) is -1.17. The third-order valence-electron chi connectivity index (χ3n) is 4.19. The minimum atomic E-state index is -1.01. The van der Waals surface area contributed by atoms with Gasteiger partial charge in [0, 0.05) is 17.2 Å². The van der Waals surface area contributed by atoms with Crippen LogP contribution in [0.4, 0.5) is 0 Å². The van der Waals surface area contributed by atoms with E-state index in [1.165, 1.54) is 0 Å². The molecule has 1 unspecified atom stereocenters. The van der Waals surface area contributed by atoms with Crippen molar-refractivity contribution < 1.29 is 19.5 Å². The Morgan fingerprint density at radius 1 is 1.00 bits per heavy atom. The van der Waals surface area contributed by atoms with Crippen molar-refractivity contribution in [2.24, 2.45) is 5.92 Å². The Hall–Kier alpha value is -2.37. The predicted octanol–water partition coefficient (Wildman–Crippen LogP) is 1.56. The lowest BCUT2D eigenvalue weighted by molar-refractivity contribution is -0.139. The van der Waals surface area contributed by atoms with Crippen LogP contribution in [-0.2, 0) is 4.79 Å². The smallest absolute Gasteiger partial charge is 0.326 e. The molecule has 2 amide bonds. The van der Waals surface area contributed by atoms with Gasteiger partial charge in [-0.1, -0.05) is 12.8 Å². The Morgan fingerprint density at radius 2 is 1.57 bits per heavy atom. The van der Waals surface area contributed by atoms with Crippen molar-refractivity contribution in [2.75, 3.05) is 0 Å². The summed E-state index contributed by atoms with van der Waals surface area (Å²) >= 11 is 0. The maximum atomic E-state index is 12.2. The van der Waals surface area contributed by atoms with Crippen molar-refractivity contribution >= 4 is 17.8 Å². The predicted molar refractivity (Wildman–Crippen MR) is 83.2 cm³/mol. The first-order valence-corrected chi connectivity index (χ1v) is 7.97. The largest absolute Gasteiger partial charge is 0.480 e. The molecule has 0 radical (unpaired) electrons. The summed E-state index contributed by atoms with van der Waals surface area (Å²) in [7, 11) is 0. The van der Waals surface area contributed by atoms with Gasteiger partial charge in [-0.25, -0.2) is 4.79 Å². The molecule has 0 spiro atoms. The molecular weight excluding hydrogens is 296 g/mol. The van der Waals surface area contributed by atoms with Gasteiger partial charge >= 0.3 is 5.97 Å². The van der Waals surface area contributed by atoms with E-state index in [4.69, 9.17) is 0 Å². The molecule has 0 bridgehead atoms. The van der Waals surface area contributed by atoms with Gasteiger partial charge in [0.05, 0.1) is 0 Å². The van der Waals surface area contributed by atoms with Gasteiger partial charge in [-0.2, -0.15) is 0 Å². The van der Waals surface area contributed by atoms with E-state index in [2.05, 4.69) is 10.6 Å². The lowest BCUT2D eigenvalue weighted by Crippen LogP contribution is -2.41. The number of rotatable bonds is 7. The van der Waals surface area contributed by atoms with Gasteiger partial charge in [0.1, 0.15) is 6.04 Å². The van der Waals surface area contributed by atoms with Crippen LogP contribution in [0.3, 0.4) is 0 Å². The molecule has 2 aliphatic rings. The molecule has 2 saturated carbocycles. The van der Waals surface area contributed by atoms with Gasteiger partial charge in [-0.05, 0) is 49.4 Å². The summed E-state index contributed by atoms with van der Waals surface area (Å²) in [6.45, 7) is 0. The topological polar surface area (TPSA) is 95.5 Å². The van der Waals surface area contributed by atoms with E-state index in [9.17, 15) is 19.5 Å². The lowest BCUT2D eigenvalue weighted by atomic mass is 10.1. The van der Waals surface area contributed by atoms with Crippen molar-refractivity contribution in [1.29, 1.82) is 0 Å². The van der Waals surface area contributed by atoms with E-state index < -0.39 is 17.9 Å². The number of aliphatic carboxylic acids is 1. The number of carbonyl (C=O) groups is 3. The highest BCUT2D eigenvalue weighted by molar-refractivity contribution is 5.99. The molecule has 0 aromatic heterocycles. The lowest BCUT2D eigenvalue weighted by Gasteiger charge is -2.14. The van der Waals surface area contributed by atoms with Crippen molar-refractivity contribution in [1.82, 2.24) is 10.6 Å². The Balaban J connectivity index is 1.59. The maximum Gasteiger partial charge on any atom is 0.326 e. The zero-order valence-corrected chi connectivity index (χ0v) is 12.7. The molecule has 0 aliphatic heterocycles. The summed E-state index contributed by atoms with van der Waals surface area (Å²) in [6, 6.07) is 5.70. The zero-order valence-electron chi connectivity index (χ0n) is 12.7. The van der Waals surface area contributed by atoms with Crippen LogP contribution in [0, 0.1) is 5.92 Å². The van der Waals surface area contributed by atoms with Crippen LogP contribution in [0.2, 0.25) is 0 Å². The van der Waals surface area contributed by atoms with Crippen LogP contribution in [0.15, 0.2) is 24.3 Å². The number of hydrogen-bond acceptors (Lipinski definition) is 3. The maximum absolute atomic E-state index is 12.2. The third-order valence-corrected chi connectivity index (χ3v) is 4.19. The highest BCUT2D eigenvalue weighted by Crippen LogP contribution is 2.33. The van der Waals surface area contributed by atoms with E-state index >= 15 is 0 Å². The van der Waals surface area contributed by atoms with Crippen molar-refractivity contribution in [3.63, 3.8) is 0 Å². The van der Waals surface area contributed by atoms with E-state index in [1.807, 2.05) is 0 Å². The van der Waals surface area contributed by atoms with Gasteiger partial charge in [0.15, 0.2) is 0 Å². The Kier molecular flexibility index (Phi) is 4.32. The first-order chi connectivity index (χ1) is 11.0. The van der Waals surface area contributed by atoms with Gasteiger partial charge < -0.3 is 15.7 Å². The van der Waals surface area contributed by atoms with Crippen LogP contribution < -0.4 is 10.6 Å². The third kappa shape index (κ3) is 4.31. The van der Waals surface area contributed by atoms with Gasteiger partial charge in [-0.3, -0.25) is 9.59 Å². The Bertz CT molecular complexity index is 618. The Labute approximate surface area is 134 Å². The second-order valence-corrected chi connectivity index (χ2v) is 6.37. The summed E-state index contributed by atoms with van der Waals surface area (Å²) in [4.78, 5) is 35.3. The molecule has 6 nitrogen and oxygen atoms in total. The quantitative estimate of drug-likeness (QED) is 0.711. The van der Waals surface area contributed by atoms with Crippen LogP contribution in [0.1, 0.15) is 52.8 Å². The molecule has 1 aromatic rings. The average Bonchev–Trinajstić information content (AvgIpc) is 3.42. The highest BCUT2D eigenvalue weighted by atomic mass is 16.4. The second-order valence-electron chi connectivity index (χ2n) is 6.37. The summed E-state index contributed by atoms with van der Waals surface area (Å²) in [5, 5.41) is 14.6. The first kappa shape index (κ1) is 15.5. The molecule has 0 saturated heterocycles. The van der Waals surface area contributed by atoms with Crippen LogP contribution in [0.5, 0.6) is 0 Å². The van der Waals surface area contributed by atoms with Crippen LogP contribution in [-0.4, -0.2) is 35.0 Å². The molecule has 2 fully saturated rings.